The lowest BCUT2D eigenvalue weighted by Gasteiger charge is -2.62. The molecule has 9 unspecified atom stereocenters. The minimum Gasteiger partial charge on any atom is -0.0856 e. The Kier molecular flexibility index (Phi) is 8.74. The van der Waals surface area contributed by atoms with Crippen LogP contribution in [0.25, 0.3) is 0 Å². The molecule has 0 spiro atoms. The van der Waals surface area contributed by atoms with Crippen molar-refractivity contribution in [1.29, 1.82) is 0 Å². The van der Waals surface area contributed by atoms with Crippen LogP contribution >= 0.6 is 0 Å². The molecule has 4 aliphatic rings. The van der Waals surface area contributed by atoms with E-state index in [0.717, 1.165) is 47.3 Å². The van der Waals surface area contributed by atoms with Crippen molar-refractivity contribution < 1.29 is 0 Å². The molecule has 0 aromatic carbocycles. The molecule has 0 bridgehead atoms. The molecule has 0 radical (unpaired) electrons. The molecular weight excluding hydrogens is 432 g/mol. The van der Waals surface area contributed by atoms with E-state index in [4.69, 9.17) is 0 Å². The average molecular weight is 493 g/mol. The molecule has 0 N–H and O–H groups in total. The van der Waals surface area contributed by atoms with Gasteiger partial charge in [-0.05, 0) is 136 Å². The van der Waals surface area contributed by atoms with Crippen LogP contribution in [0.4, 0.5) is 0 Å². The highest BCUT2D eigenvalue weighted by Gasteiger charge is 2.79. The van der Waals surface area contributed by atoms with Crippen LogP contribution in [0.3, 0.4) is 0 Å². The highest BCUT2D eigenvalue weighted by molar-refractivity contribution is 5.30. The van der Waals surface area contributed by atoms with Gasteiger partial charge < -0.3 is 0 Å². The van der Waals surface area contributed by atoms with E-state index in [-0.39, 0.29) is 0 Å². The monoisotopic (exact) mass is 492 g/mol. The largest absolute Gasteiger partial charge is 0.0856 e. The third-order valence-corrected chi connectivity index (χ3v) is 11.6. The molecule has 4 rings (SSSR count). The summed E-state index contributed by atoms with van der Waals surface area (Å²) in [6, 6.07) is 0. The Hall–Kier alpha value is -0.780. The fourth-order valence-electron chi connectivity index (χ4n) is 9.49. The van der Waals surface area contributed by atoms with Gasteiger partial charge in [-0.25, -0.2) is 0 Å². The quantitative estimate of drug-likeness (QED) is 0.211. The van der Waals surface area contributed by atoms with Crippen LogP contribution in [0.15, 0.2) is 34.9 Å². The topological polar surface area (TPSA) is 0 Å². The van der Waals surface area contributed by atoms with E-state index in [0.29, 0.717) is 10.8 Å². The Labute approximate surface area is 225 Å². The van der Waals surface area contributed by atoms with Crippen LogP contribution in [0.5, 0.6) is 0 Å². The van der Waals surface area contributed by atoms with Gasteiger partial charge in [-0.1, -0.05) is 89.8 Å². The van der Waals surface area contributed by atoms with Gasteiger partial charge in [-0.2, -0.15) is 0 Å². The highest BCUT2D eigenvalue weighted by Crippen LogP contribution is 2.85. The summed E-state index contributed by atoms with van der Waals surface area (Å²) < 4.78 is 0. The van der Waals surface area contributed by atoms with Gasteiger partial charge in [0.2, 0.25) is 0 Å². The molecule has 204 valence electrons. The van der Waals surface area contributed by atoms with Gasteiger partial charge in [0.25, 0.3) is 0 Å². The second-order valence-electron chi connectivity index (χ2n) is 15.1. The highest BCUT2D eigenvalue weighted by atomic mass is 14.8. The van der Waals surface area contributed by atoms with E-state index in [1.807, 2.05) is 0 Å². The zero-order chi connectivity index (χ0) is 26.3. The maximum atomic E-state index is 2.76. The fourth-order valence-corrected chi connectivity index (χ4v) is 9.49. The first-order valence-electron chi connectivity index (χ1n) is 16.0. The zero-order valence-corrected chi connectivity index (χ0v) is 25.6. The molecule has 0 aliphatic heterocycles. The molecule has 4 aliphatic carbocycles. The van der Waals surface area contributed by atoms with E-state index in [1.54, 1.807) is 16.7 Å². The molecule has 0 nitrogen and oxygen atoms in total. The Balaban J connectivity index is 1.49. The van der Waals surface area contributed by atoms with Gasteiger partial charge in [0, 0.05) is 0 Å². The molecule has 9 atom stereocenters. The summed E-state index contributed by atoms with van der Waals surface area (Å²) in [7, 11) is 0. The van der Waals surface area contributed by atoms with E-state index >= 15 is 0 Å². The summed E-state index contributed by atoms with van der Waals surface area (Å²) >= 11 is 0. The second-order valence-corrected chi connectivity index (χ2v) is 15.1. The first-order chi connectivity index (χ1) is 17.0. The number of hydrogen-bond donors (Lipinski definition) is 0. The fraction of sp³-hybridized carbons (Fsp3) is 0.833. The summed E-state index contributed by atoms with van der Waals surface area (Å²) in [5, 5.41) is 0. The Morgan fingerprint density at radius 1 is 1.06 bits per heavy atom. The molecule has 0 heterocycles. The number of rotatable bonds is 14. The number of hydrogen-bond acceptors (Lipinski definition) is 0. The van der Waals surface area contributed by atoms with Gasteiger partial charge in [0.05, 0.1) is 0 Å². The van der Waals surface area contributed by atoms with Gasteiger partial charge >= 0.3 is 0 Å². The zero-order valence-electron chi connectivity index (χ0n) is 25.6. The Bertz CT molecular complexity index is 847. The van der Waals surface area contributed by atoms with Crippen molar-refractivity contribution in [2.75, 3.05) is 0 Å². The lowest BCUT2D eigenvalue weighted by molar-refractivity contribution is -0.131. The number of fused-ring (bicyclic) bond motifs is 1. The van der Waals surface area contributed by atoms with E-state index < -0.39 is 0 Å². The van der Waals surface area contributed by atoms with Gasteiger partial charge in [-0.15, -0.1) is 0 Å². The van der Waals surface area contributed by atoms with Crippen molar-refractivity contribution in [3.63, 3.8) is 0 Å². The van der Waals surface area contributed by atoms with Crippen LogP contribution in [0.1, 0.15) is 133 Å². The van der Waals surface area contributed by atoms with E-state index in [1.165, 1.54) is 70.6 Å². The summed E-state index contributed by atoms with van der Waals surface area (Å²) in [6.07, 6.45) is 23.0. The maximum Gasteiger partial charge on any atom is -0.0144 e. The smallest absolute Gasteiger partial charge is 0.0144 e. The van der Waals surface area contributed by atoms with Gasteiger partial charge in [-0.3, -0.25) is 0 Å². The average Bonchev–Trinajstić information content (AvgIpc) is 3.68. The van der Waals surface area contributed by atoms with Crippen molar-refractivity contribution in [3.05, 3.63) is 34.9 Å². The first-order valence-corrected chi connectivity index (χ1v) is 16.0. The lowest BCUT2D eigenvalue weighted by Crippen LogP contribution is -2.56. The third-order valence-electron chi connectivity index (χ3n) is 11.6. The lowest BCUT2D eigenvalue weighted by atomic mass is 9.42. The normalized spacial score (nSPS) is 37.8. The van der Waals surface area contributed by atoms with Crippen molar-refractivity contribution in [1.82, 2.24) is 0 Å². The maximum absolute atomic E-state index is 2.76. The number of allylic oxidation sites excluding steroid dienone is 6. The van der Waals surface area contributed by atoms with Gasteiger partial charge in [0.15, 0.2) is 0 Å². The van der Waals surface area contributed by atoms with Crippen molar-refractivity contribution in [3.8, 4) is 0 Å². The first kappa shape index (κ1) is 28.2. The minimum absolute atomic E-state index is 0.485. The van der Waals surface area contributed by atoms with Crippen molar-refractivity contribution in [2.45, 2.75) is 133 Å². The molecule has 4 saturated carbocycles. The van der Waals surface area contributed by atoms with E-state index in [2.05, 4.69) is 80.5 Å². The molecule has 4 fully saturated rings. The summed E-state index contributed by atoms with van der Waals surface area (Å²) in [6.45, 7) is 22.5. The predicted molar refractivity (Wildman–Crippen MR) is 159 cm³/mol. The summed E-state index contributed by atoms with van der Waals surface area (Å²) in [5.41, 5.74) is 6.07. The summed E-state index contributed by atoms with van der Waals surface area (Å²) in [5.74, 6) is 7.15. The van der Waals surface area contributed by atoms with Crippen LogP contribution in [0.2, 0.25) is 0 Å². The molecule has 36 heavy (non-hydrogen) atoms. The Morgan fingerprint density at radius 3 is 2.42 bits per heavy atom. The molecule has 0 aromatic rings. The standard InChI is InChI=1S/C36H60/c1-10-11-12-25(4)18-31(21-30-15-16-30)19-27(6)22-35(9)28(7)20-32-33-23-36(35,34(32)33)29(8)17-26(5)14-13-24(2)3/h12,17,21,24,27-29,31-34H,10-11,13-16,18-20,22-23H2,1-9H3. The van der Waals surface area contributed by atoms with Crippen LogP contribution in [-0.2, 0) is 0 Å². The molecule has 0 saturated heterocycles. The Morgan fingerprint density at radius 2 is 1.78 bits per heavy atom. The van der Waals surface area contributed by atoms with Crippen molar-refractivity contribution >= 4 is 0 Å². The van der Waals surface area contributed by atoms with Crippen LogP contribution in [-0.4, -0.2) is 0 Å². The molecular formula is C36H60. The SMILES string of the molecule is CCCC=C(C)CC(C=C1CC1)CC(C)CC1(C)C(C)CC2C3CC1(C(C)C=C(C)CCC(C)C)C23. The predicted octanol–water partition coefficient (Wildman–Crippen LogP) is 11.2. The third kappa shape index (κ3) is 5.64. The molecule has 0 amide bonds. The minimum atomic E-state index is 0.485. The molecule has 0 aromatic heterocycles. The molecule has 0 heteroatoms. The van der Waals surface area contributed by atoms with Crippen molar-refractivity contribution in [2.24, 2.45) is 58.2 Å². The van der Waals surface area contributed by atoms with Crippen LogP contribution < -0.4 is 0 Å². The van der Waals surface area contributed by atoms with Gasteiger partial charge in [0.1, 0.15) is 0 Å². The van der Waals surface area contributed by atoms with E-state index in [9.17, 15) is 0 Å². The summed E-state index contributed by atoms with van der Waals surface area (Å²) in [4.78, 5) is 0. The van der Waals surface area contributed by atoms with Crippen LogP contribution in [0, 0.1) is 58.2 Å². The second kappa shape index (κ2) is 11.1. The number of unbranched alkanes of at least 4 members (excludes halogenated alkanes) is 1.